The summed E-state index contributed by atoms with van der Waals surface area (Å²) in [5.41, 5.74) is 5.74. The summed E-state index contributed by atoms with van der Waals surface area (Å²) in [6, 6.07) is 14.7. The van der Waals surface area contributed by atoms with E-state index in [4.69, 9.17) is 4.98 Å². The van der Waals surface area contributed by atoms with Crippen molar-refractivity contribution in [2.75, 3.05) is 0 Å². The van der Waals surface area contributed by atoms with Crippen molar-refractivity contribution in [3.63, 3.8) is 0 Å². The molecule has 0 aliphatic heterocycles. The molecule has 0 spiro atoms. The second kappa shape index (κ2) is 3.48. The highest BCUT2D eigenvalue weighted by Crippen LogP contribution is 2.33. The molecule has 1 radical (unpaired) electrons. The number of allylic oxidation sites excluding steroid dienone is 1. The molecule has 0 amide bonds. The molecular weight excluding hydrogens is 244 g/mol. The Morgan fingerprint density at radius 2 is 1.90 bits per heavy atom. The quantitative estimate of drug-likeness (QED) is 0.460. The molecule has 0 saturated carbocycles. The molecule has 0 bridgehead atoms. The van der Waals surface area contributed by atoms with Crippen molar-refractivity contribution >= 4 is 33.5 Å². The van der Waals surface area contributed by atoms with Crippen LogP contribution in [0.2, 0.25) is 0 Å². The molecule has 20 heavy (non-hydrogen) atoms. The lowest BCUT2D eigenvalue weighted by molar-refractivity contribution is 1.23. The first-order chi connectivity index (χ1) is 9.92. The summed E-state index contributed by atoms with van der Waals surface area (Å²) >= 11 is 0. The van der Waals surface area contributed by atoms with Gasteiger partial charge in [0, 0.05) is 18.2 Å². The maximum absolute atomic E-state index is 4.81. The first-order valence-corrected chi connectivity index (χ1v) is 6.76. The molecule has 2 aromatic heterocycles. The van der Waals surface area contributed by atoms with E-state index in [1.165, 1.54) is 21.9 Å². The van der Waals surface area contributed by atoms with Crippen LogP contribution in [-0.4, -0.2) is 9.38 Å². The fourth-order valence-electron chi connectivity index (χ4n) is 3.17. The Kier molecular flexibility index (Phi) is 1.78. The zero-order valence-electron chi connectivity index (χ0n) is 10.7. The van der Waals surface area contributed by atoms with Gasteiger partial charge >= 0.3 is 0 Å². The summed E-state index contributed by atoms with van der Waals surface area (Å²) in [4.78, 5) is 4.81. The predicted octanol–water partition coefficient (Wildman–Crippen LogP) is 4.22. The maximum Gasteiger partial charge on any atom is 0.142 e. The lowest BCUT2D eigenvalue weighted by Crippen LogP contribution is -1.97. The number of para-hydroxylation sites is 2. The van der Waals surface area contributed by atoms with Crippen molar-refractivity contribution in [3.8, 4) is 0 Å². The summed E-state index contributed by atoms with van der Waals surface area (Å²) in [5.74, 6) is 0. The zero-order chi connectivity index (χ0) is 13.1. The van der Waals surface area contributed by atoms with Crippen LogP contribution in [0.15, 0.2) is 54.7 Å². The van der Waals surface area contributed by atoms with E-state index in [1.807, 2.05) is 6.07 Å². The summed E-state index contributed by atoms with van der Waals surface area (Å²) in [5, 5.41) is 2.56. The molecule has 4 aromatic rings. The number of aromatic nitrogens is 2. The minimum absolute atomic E-state index is 1.04. The van der Waals surface area contributed by atoms with Crippen LogP contribution in [0.1, 0.15) is 11.1 Å². The summed E-state index contributed by atoms with van der Waals surface area (Å²) in [6.07, 6.45) is 8.63. The SMILES string of the molecule is [CH]1C=Cc2cccc3cn4c(nc5ccccc54)c1c23. The van der Waals surface area contributed by atoms with Gasteiger partial charge in [-0.25, -0.2) is 4.98 Å². The summed E-state index contributed by atoms with van der Waals surface area (Å²) in [7, 11) is 0. The van der Waals surface area contributed by atoms with Crippen LogP contribution in [0.5, 0.6) is 0 Å². The average Bonchev–Trinajstić information content (AvgIpc) is 2.87. The highest BCUT2D eigenvalue weighted by atomic mass is 15.0. The van der Waals surface area contributed by atoms with Crippen LogP contribution in [0.3, 0.4) is 0 Å². The van der Waals surface area contributed by atoms with E-state index in [2.05, 4.69) is 65.6 Å². The fraction of sp³-hybridized carbons (Fsp3) is 0. The van der Waals surface area contributed by atoms with E-state index in [0.29, 0.717) is 0 Å². The molecule has 0 unspecified atom stereocenters. The van der Waals surface area contributed by atoms with Crippen LogP contribution < -0.4 is 0 Å². The van der Waals surface area contributed by atoms with Crippen molar-refractivity contribution in [1.82, 2.24) is 9.38 Å². The minimum atomic E-state index is 1.04. The molecule has 0 N–H and O–H groups in total. The van der Waals surface area contributed by atoms with Crippen molar-refractivity contribution < 1.29 is 0 Å². The number of hydrogen-bond acceptors (Lipinski definition) is 1. The van der Waals surface area contributed by atoms with Crippen molar-refractivity contribution in [3.05, 3.63) is 72.3 Å². The Morgan fingerprint density at radius 3 is 2.90 bits per heavy atom. The third-order valence-corrected chi connectivity index (χ3v) is 4.04. The second-order valence-corrected chi connectivity index (χ2v) is 5.17. The number of nitrogens with zero attached hydrogens (tertiary/aromatic N) is 2. The Hall–Kier alpha value is -2.61. The van der Waals surface area contributed by atoms with E-state index in [9.17, 15) is 0 Å². The normalized spacial score (nSPS) is 13.6. The zero-order valence-corrected chi connectivity index (χ0v) is 10.7. The van der Waals surface area contributed by atoms with Gasteiger partial charge in [-0.15, -0.1) is 0 Å². The number of hydrogen-bond donors (Lipinski definition) is 0. The molecule has 93 valence electrons. The van der Waals surface area contributed by atoms with Crippen molar-refractivity contribution in [2.45, 2.75) is 0 Å². The highest BCUT2D eigenvalue weighted by molar-refractivity contribution is 6.01. The summed E-state index contributed by atoms with van der Waals surface area (Å²) < 4.78 is 2.20. The van der Waals surface area contributed by atoms with Crippen LogP contribution in [-0.2, 0) is 0 Å². The molecule has 2 aromatic carbocycles. The second-order valence-electron chi connectivity index (χ2n) is 5.17. The standard InChI is InChI=1S/C18H11N2/c1-2-10-16-15(9-1)19-18-14-8-4-6-12-5-3-7-13(17(12)14)11-20(16)18/h1-11H. The van der Waals surface area contributed by atoms with E-state index in [0.717, 1.165) is 16.7 Å². The van der Waals surface area contributed by atoms with Gasteiger partial charge in [-0.2, -0.15) is 0 Å². The van der Waals surface area contributed by atoms with Gasteiger partial charge in [0.1, 0.15) is 5.65 Å². The topological polar surface area (TPSA) is 17.3 Å². The molecule has 1 aliphatic carbocycles. The summed E-state index contributed by atoms with van der Waals surface area (Å²) in [6.45, 7) is 0. The molecule has 5 rings (SSSR count). The van der Waals surface area contributed by atoms with Gasteiger partial charge < -0.3 is 0 Å². The van der Waals surface area contributed by atoms with Gasteiger partial charge in [-0.3, -0.25) is 4.40 Å². The molecule has 0 saturated heterocycles. The van der Waals surface area contributed by atoms with Gasteiger partial charge in [0.05, 0.1) is 11.0 Å². The molecule has 0 atom stereocenters. The maximum atomic E-state index is 4.81. The van der Waals surface area contributed by atoms with Crippen LogP contribution in [0.4, 0.5) is 0 Å². The van der Waals surface area contributed by atoms with Crippen molar-refractivity contribution in [1.29, 1.82) is 0 Å². The average molecular weight is 255 g/mol. The number of benzene rings is 2. The Bertz CT molecular complexity index is 1020. The molecule has 2 heteroatoms. The van der Waals surface area contributed by atoms with Gasteiger partial charge in [-0.1, -0.05) is 42.5 Å². The van der Waals surface area contributed by atoms with Gasteiger partial charge in [0.2, 0.25) is 0 Å². The third kappa shape index (κ3) is 1.16. The Labute approximate surface area is 116 Å². The van der Waals surface area contributed by atoms with Gasteiger partial charge in [-0.05, 0) is 28.5 Å². The number of imidazole rings is 1. The largest absolute Gasteiger partial charge is 0.299 e. The highest BCUT2D eigenvalue weighted by Gasteiger charge is 2.15. The van der Waals surface area contributed by atoms with E-state index in [1.54, 1.807) is 0 Å². The first-order valence-electron chi connectivity index (χ1n) is 6.76. The first kappa shape index (κ1) is 10.2. The predicted molar refractivity (Wildman–Crippen MR) is 82.6 cm³/mol. The number of rotatable bonds is 0. The molecule has 2 nitrogen and oxygen atoms in total. The van der Waals surface area contributed by atoms with E-state index < -0.39 is 0 Å². The van der Waals surface area contributed by atoms with Crippen molar-refractivity contribution in [2.24, 2.45) is 0 Å². The number of pyridine rings is 1. The molecular formula is C18H11N2. The smallest absolute Gasteiger partial charge is 0.142 e. The minimum Gasteiger partial charge on any atom is -0.299 e. The number of fused-ring (bicyclic) bond motifs is 4. The van der Waals surface area contributed by atoms with Crippen LogP contribution in [0.25, 0.3) is 33.5 Å². The van der Waals surface area contributed by atoms with E-state index in [-0.39, 0.29) is 0 Å². The van der Waals surface area contributed by atoms with E-state index >= 15 is 0 Å². The third-order valence-electron chi connectivity index (χ3n) is 4.04. The lowest BCUT2D eigenvalue weighted by atomic mass is 9.95. The molecule has 0 fully saturated rings. The Morgan fingerprint density at radius 1 is 0.950 bits per heavy atom. The molecule has 1 aliphatic rings. The Balaban J connectivity index is 2.11. The van der Waals surface area contributed by atoms with Crippen LogP contribution in [0, 0.1) is 6.42 Å². The lowest BCUT2D eigenvalue weighted by Gasteiger charge is -2.13. The molecule has 2 heterocycles. The monoisotopic (exact) mass is 255 g/mol. The van der Waals surface area contributed by atoms with Gasteiger partial charge in [0.25, 0.3) is 0 Å². The van der Waals surface area contributed by atoms with Gasteiger partial charge in [0.15, 0.2) is 0 Å². The fourth-order valence-corrected chi connectivity index (χ4v) is 3.17. The van der Waals surface area contributed by atoms with Crippen LogP contribution >= 0.6 is 0 Å².